The monoisotopic (exact) mass is 382 g/mol. The number of carbonyl (C=O) groups is 1. The second-order valence-electron chi connectivity index (χ2n) is 6.89. The van der Waals surface area contributed by atoms with Crippen molar-refractivity contribution >= 4 is 17.2 Å². The van der Waals surface area contributed by atoms with E-state index in [0.717, 1.165) is 52.9 Å². The van der Waals surface area contributed by atoms with E-state index in [4.69, 9.17) is 4.98 Å². The quantitative estimate of drug-likeness (QED) is 0.696. The van der Waals surface area contributed by atoms with Gasteiger partial charge in [-0.3, -0.25) is 9.48 Å². The number of piperidine rings is 1. The molecule has 1 fully saturated rings. The Morgan fingerprint density at radius 1 is 1.26 bits per heavy atom. The van der Waals surface area contributed by atoms with Crippen LogP contribution in [-0.4, -0.2) is 48.6 Å². The van der Waals surface area contributed by atoms with Crippen LogP contribution in [0.1, 0.15) is 45.5 Å². The molecule has 3 aromatic heterocycles. The van der Waals surface area contributed by atoms with Gasteiger partial charge in [0, 0.05) is 37.9 Å². The molecule has 1 aliphatic heterocycles. The van der Waals surface area contributed by atoms with Crippen LogP contribution < -0.4 is 0 Å². The number of thiazole rings is 1. The highest BCUT2D eigenvalue weighted by atomic mass is 32.1. The highest BCUT2D eigenvalue weighted by Crippen LogP contribution is 2.36. The van der Waals surface area contributed by atoms with E-state index in [1.807, 2.05) is 31.9 Å². The van der Waals surface area contributed by atoms with Gasteiger partial charge in [-0.2, -0.15) is 5.10 Å². The Morgan fingerprint density at radius 2 is 2.04 bits per heavy atom. The molecule has 1 aliphatic rings. The number of aromatic nitrogens is 5. The van der Waals surface area contributed by atoms with E-state index >= 15 is 0 Å². The van der Waals surface area contributed by atoms with E-state index in [1.54, 1.807) is 34.7 Å². The molecular weight excluding hydrogens is 360 g/mol. The highest BCUT2D eigenvalue weighted by molar-refractivity contribution is 7.15. The van der Waals surface area contributed by atoms with Crippen LogP contribution in [-0.2, 0) is 7.05 Å². The molecule has 8 heteroatoms. The molecule has 0 bridgehead atoms. The molecular formula is C19H22N6OS. The second kappa shape index (κ2) is 7.19. The lowest BCUT2D eigenvalue weighted by Crippen LogP contribution is -2.38. The van der Waals surface area contributed by atoms with Crippen molar-refractivity contribution in [1.29, 1.82) is 0 Å². The largest absolute Gasteiger partial charge is 0.338 e. The fourth-order valence-corrected chi connectivity index (χ4v) is 4.68. The van der Waals surface area contributed by atoms with Gasteiger partial charge in [-0.1, -0.05) is 0 Å². The van der Waals surface area contributed by atoms with Gasteiger partial charge < -0.3 is 4.90 Å². The molecule has 0 unspecified atom stereocenters. The Labute approximate surface area is 162 Å². The molecule has 4 heterocycles. The summed E-state index contributed by atoms with van der Waals surface area (Å²) in [4.78, 5) is 28.9. The first-order valence-corrected chi connectivity index (χ1v) is 9.88. The van der Waals surface area contributed by atoms with Crippen LogP contribution in [0, 0.1) is 13.8 Å². The summed E-state index contributed by atoms with van der Waals surface area (Å²) < 4.78 is 1.74. The van der Waals surface area contributed by atoms with Gasteiger partial charge >= 0.3 is 0 Å². The molecule has 4 rings (SSSR count). The second-order valence-corrected chi connectivity index (χ2v) is 7.93. The molecule has 1 amide bonds. The van der Waals surface area contributed by atoms with Gasteiger partial charge in [-0.15, -0.1) is 11.3 Å². The Hall–Kier alpha value is -2.61. The number of amides is 1. The van der Waals surface area contributed by atoms with Crippen LogP contribution in [0.25, 0.3) is 10.6 Å². The van der Waals surface area contributed by atoms with Crippen molar-refractivity contribution in [3.8, 4) is 10.6 Å². The zero-order chi connectivity index (χ0) is 19.0. The first-order valence-electron chi connectivity index (χ1n) is 9.06. The minimum atomic E-state index is 0.0797. The molecule has 0 radical (unpaired) electrons. The third-order valence-electron chi connectivity index (χ3n) is 5.22. The lowest BCUT2D eigenvalue weighted by atomic mass is 9.97. The molecule has 0 N–H and O–H groups in total. The molecule has 0 saturated carbocycles. The number of nitrogens with zero attached hydrogens (tertiary/aromatic N) is 6. The Balaban J connectivity index is 1.45. The molecule has 1 saturated heterocycles. The molecule has 7 nitrogen and oxygen atoms in total. The molecule has 140 valence electrons. The minimum Gasteiger partial charge on any atom is -0.338 e. The maximum Gasteiger partial charge on any atom is 0.257 e. The summed E-state index contributed by atoms with van der Waals surface area (Å²) in [5.41, 5.74) is 3.54. The van der Waals surface area contributed by atoms with E-state index in [9.17, 15) is 4.79 Å². The molecule has 0 aromatic carbocycles. The average Bonchev–Trinajstić information content (AvgIpc) is 3.25. The molecule has 3 aromatic rings. The number of aryl methyl sites for hydroxylation is 2. The SMILES string of the molecule is Cc1nc(C2CCN(C(=O)c3cnn(C)c3C)CC2)sc1-c1ccncn1. The van der Waals surface area contributed by atoms with Crippen LogP contribution in [0.2, 0.25) is 0 Å². The van der Waals surface area contributed by atoms with Gasteiger partial charge in [0.15, 0.2) is 0 Å². The Morgan fingerprint density at radius 3 is 2.67 bits per heavy atom. The Bertz CT molecular complexity index is 956. The van der Waals surface area contributed by atoms with E-state index in [2.05, 4.69) is 15.1 Å². The van der Waals surface area contributed by atoms with Crippen molar-refractivity contribution in [1.82, 2.24) is 29.6 Å². The van der Waals surface area contributed by atoms with Crippen molar-refractivity contribution in [3.63, 3.8) is 0 Å². The number of likely N-dealkylation sites (tertiary alicyclic amines) is 1. The molecule has 27 heavy (non-hydrogen) atoms. The fraction of sp³-hybridized carbons (Fsp3) is 0.421. The van der Waals surface area contributed by atoms with Crippen molar-refractivity contribution in [2.75, 3.05) is 13.1 Å². The van der Waals surface area contributed by atoms with Crippen LogP contribution >= 0.6 is 11.3 Å². The number of carbonyl (C=O) groups excluding carboxylic acids is 1. The van der Waals surface area contributed by atoms with Crippen LogP contribution in [0.5, 0.6) is 0 Å². The summed E-state index contributed by atoms with van der Waals surface area (Å²) in [7, 11) is 1.86. The number of hydrogen-bond acceptors (Lipinski definition) is 6. The maximum atomic E-state index is 12.8. The van der Waals surface area contributed by atoms with Crippen LogP contribution in [0.15, 0.2) is 24.8 Å². The topological polar surface area (TPSA) is 76.8 Å². The predicted molar refractivity (Wildman–Crippen MR) is 104 cm³/mol. The summed E-state index contributed by atoms with van der Waals surface area (Å²) in [6, 6.07) is 1.92. The fourth-order valence-electron chi connectivity index (χ4n) is 3.46. The lowest BCUT2D eigenvalue weighted by molar-refractivity contribution is 0.0712. The van der Waals surface area contributed by atoms with Gasteiger partial charge in [0.2, 0.25) is 0 Å². The average molecular weight is 382 g/mol. The van der Waals surface area contributed by atoms with Crippen molar-refractivity contribution in [2.24, 2.45) is 7.05 Å². The molecule has 0 spiro atoms. The maximum absolute atomic E-state index is 12.8. The molecule has 0 atom stereocenters. The third kappa shape index (κ3) is 3.37. The Kier molecular flexibility index (Phi) is 4.73. The minimum absolute atomic E-state index is 0.0797. The van der Waals surface area contributed by atoms with Gasteiger partial charge in [0.1, 0.15) is 6.33 Å². The van der Waals surface area contributed by atoms with Crippen molar-refractivity contribution in [3.05, 3.63) is 46.7 Å². The number of hydrogen-bond donors (Lipinski definition) is 0. The highest BCUT2D eigenvalue weighted by Gasteiger charge is 2.28. The molecule has 0 aliphatic carbocycles. The van der Waals surface area contributed by atoms with Gasteiger partial charge in [0.25, 0.3) is 5.91 Å². The van der Waals surface area contributed by atoms with Crippen molar-refractivity contribution in [2.45, 2.75) is 32.6 Å². The van der Waals surface area contributed by atoms with Gasteiger partial charge in [-0.05, 0) is 32.8 Å². The van der Waals surface area contributed by atoms with E-state index in [0.29, 0.717) is 11.5 Å². The lowest BCUT2D eigenvalue weighted by Gasteiger charge is -2.31. The summed E-state index contributed by atoms with van der Waals surface area (Å²) in [5, 5.41) is 5.33. The summed E-state index contributed by atoms with van der Waals surface area (Å²) in [5.74, 6) is 0.472. The smallest absolute Gasteiger partial charge is 0.257 e. The van der Waals surface area contributed by atoms with E-state index in [1.165, 1.54) is 0 Å². The van der Waals surface area contributed by atoms with Gasteiger partial charge in [-0.25, -0.2) is 15.0 Å². The summed E-state index contributed by atoms with van der Waals surface area (Å²) in [6.07, 6.45) is 6.86. The van der Waals surface area contributed by atoms with Crippen LogP contribution in [0.3, 0.4) is 0 Å². The zero-order valence-corrected chi connectivity index (χ0v) is 16.5. The van der Waals surface area contributed by atoms with E-state index in [-0.39, 0.29) is 5.91 Å². The normalized spacial score (nSPS) is 15.3. The zero-order valence-electron chi connectivity index (χ0n) is 15.7. The first kappa shape index (κ1) is 17.8. The standard InChI is InChI=1S/C19H22N6OS/c1-12-17(16-4-7-20-11-21-16)27-18(23-12)14-5-8-25(9-6-14)19(26)15-10-22-24(3)13(15)2/h4,7,10-11,14H,5-6,8-9H2,1-3H3. The summed E-state index contributed by atoms with van der Waals surface area (Å²) >= 11 is 1.71. The number of rotatable bonds is 3. The summed E-state index contributed by atoms with van der Waals surface area (Å²) in [6.45, 7) is 5.46. The van der Waals surface area contributed by atoms with Crippen LogP contribution in [0.4, 0.5) is 0 Å². The predicted octanol–water partition coefficient (Wildman–Crippen LogP) is 2.97. The van der Waals surface area contributed by atoms with Gasteiger partial charge in [0.05, 0.1) is 33.0 Å². The van der Waals surface area contributed by atoms with Crippen molar-refractivity contribution < 1.29 is 4.79 Å². The third-order valence-corrected chi connectivity index (χ3v) is 6.57. The first-order chi connectivity index (χ1) is 13.0. The van der Waals surface area contributed by atoms with E-state index < -0.39 is 0 Å².